The summed E-state index contributed by atoms with van der Waals surface area (Å²) in [6.07, 6.45) is -1.35. The van der Waals surface area contributed by atoms with Crippen LogP contribution in [0.25, 0.3) is 10.2 Å². The lowest BCUT2D eigenvalue weighted by Gasteiger charge is -2.14. The summed E-state index contributed by atoms with van der Waals surface area (Å²) in [6.45, 7) is 5.63. The van der Waals surface area contributed by atoms with E-state index in [9.17, 15) is 10.2 Å². The Morgan fingerprint density at radius 3 is 2.52 bits per heavy atom. The van der Waals surface area contributed by atoms with Crippen LogP contribution in [-0.4, -0.2) is 57.4 Å². The Labute approximate surface area is 127 Å². The molecule has 1 aliphatic rings. The molecule has 1 aliphatic heterocycles. The Morgan fingerprint density at radius 1 is 1.24 bits per heavy atom. The van der Waals surface area contributed by atoms with E-state index in [0.29, 0.717) is 19.6 Å². The first-order valence-corrected chi connectivity index (χ1v) is 7.84. The van der Waals surface area contributed by atoms with Crippen molar-refractivity contribution in [2.75, 3.05) is 25.5 Å². The molecule has 0 bridgehead atoms. The van der Waals surface area contributed by atoms with Crippen LogP contribution in [0.3, 0.4) is 0 Å². The molecule has 0 amide bonds. The number of anilines is 1. The van der Waals surface area contributed by atoms with E-state index in [4.69, 9.17) is 0 Å². The fourth-order valence-electron chi connectivity index (χ4n) is 2.72. The molecule has 0 aliphatic carbocycles. The highest BCUT2D eigenvalue weighted by molar-refractivity contribution is 7.18. The summed E-state index contributed by atoms with van der Waals surface area (Å²) in [5.74, 6) is 1.56. The van der Waals surface area contributed by atoms with Gasteiger partial charge >= 0.3 is 0 Å². The van der Waals surface area contributed by atoms with Gasteiger partial charge in [0.05, 0.1) is 24.1 Å². The van der Waals surface area contributed by atoms with Crippen LogP contribution in [0.5, 0.6) is 0 Å². The summed E-state index contributed by atoms with van der Waals surface area (Å²) in [5, 5.41) is 23.5. The zero-order valence-corrected chi connectivity index (χ0v) is 13.2. The van der Waals surface area contributed by atoms with Gasteiger partial charge in [-0.3, -0.25) is 4.90 Å². The fourth-order valence-corrected chi connectivity index (χ4v) is 3.77. The van der Waals surface area contributed by atoms with Crippen molar-refractivity contribution in [2.24, 2.45) is 0 Å². The molecule has 2 atom stereocenters. The maximum atomic E-state index is 9.62. The Kier molecular flexibility index (Phi) is 3.83. The normalized spacial score (nSPS) is 23.1. The number of aromatic nitrogens is 2. The molecule has 0 aromatic carbocycles. The highest BCUT2D eigenvalue weighted by Crippen LogP contribution is 2.33. The molecule has 3 rings (SSSR count). The van der Waals surface area contributed by atoms with E-state index in [-0.39, 0.29) is 0 Å². The first kappa shape index (κ1) is 14.6. The standard InChI is InChI=1S/C14H20N4O2S/c1-7-8(2)21-14-12(7)13(15-3)16-11(17-14)6-18-4-9(19)10(20)5-18/h9-10,19-20H,4-6H2,1-3H3,(H,15,16,17). The monoisotopic (exact) mass is 308 g/mol. The molecule has 1 fully saturated rings. The minimum absolute atomic E-state index is 0.458. The summed E-state index contributed by atoms with van der Waals surface area (Å²) in [4.78, 5) is 13.4. The smallest absolute Gasteiger partial charge is 0.146 e. The van der Waals surface area contributed by atoms with Crippen LogP contribution in [0.4, 0.5) is 5.82 Å². The topological polar surface area (TPSA) is 81.5 Å². The van der Waals surface area contributed by atoms with Crippen molar-refractivity contribution in [2.45, 2.75) is 32.6 Å². The number of hydrogen-bond acceptors (Lipinski definition) is 7. The lowest BCUT2D eigenvalue weighted by Crippen LogP contribution is -2.23. The molecule has 2 aromatic heterocycles. The van der Waals surface area contributed by atoms with Crippen molar-refractivity contribution < 1.29 is 10.2 Å². The fraction of sp³-hybridized carbons (Fsp3) is 0.571. The van der Waals surface area contributed by atoms with Gasteiger partial charge in [0.25, 0.3) is 0 Å². The number of hydrogen-bond donors (Lipinski definition) is 3. The Morgan fingerprint density at radius 2 is 1.90 bits per heavy atom. The Balaban J connectivity index is 1.93. The first-order chi connectivity index (χ1) is 9.99. The summed E-state index contributed by atoms with van der Waals surface area (Å²) in [5.41, 5.74) is 1.22. The van der Waals surface area contributed by atoms with Crippen LogP contribution in [-0.2, 0) is 6.54 Å². The predicted molar refractivity (Wildman–Crippen MR) is 83.7 cm³/mol. The third-order valence-electron chi connectivity index (χ3n) is 4.01. The Hall–Kier alpha value is -1.28. The van der Waals surface area contributed by atoms with Gasteiger partial charge in [-0.15, -0.1) is 11.3 Å². The molecule has 21 heavy (non-hydrogen) atoms. The van der Waals surface area contributed by atoms with Crippen molar-refractivity contribution in [3.05, 3.63) is 16.3 Å². The minimum Gasteiger partial charge on any atom is -0.389 e. The van der Waals surface area contributed by atoms with E-state index >= 15 is 0 Å². The lowest BCUT2D eigenvalue weighted by atomic mass is 10.2. The van der Waals surface area contributed by atoms with E-state index in [1.165, 1.54) is 10.4 Å². The maximum Gasteiger partial charge on any atom is 0.146 e. The number of nitrogens with one attached hydrogen (secondary N) is 1. The van der Waals surface area contributed by atoms with Gasteiger partial charge in [0, 0.05) is 25.0 Å². The molecule has 3 heterocycles. The van der Waals surface area contributed by atoms with Crippen LogP contribution in [0.2, 0.25) is 0 Å². The molecule has 1 saturated heterocycles. The SMILES string of the molecule is CNc1nc(CN2CC(O)C(O)C2)nc2sc(C)c(C)c12. The predicted octanol–water partition coefficient (Wildman–Crippen LogP) is 0.887. The summed E-state index contributed by atoms with van der Waals surface area (Å²) >= 11 is 1.67. The highest BCUT2D eigenvalue weighted by atomic mass is 32.1. The second-order valence-corrected chi connectivity index (χ2v) is 6.73. The van der Waals surface area contributed by atoms with Gasteiger partial charge in [0.1, 0.15) is 16.5 Å². The largest absolute Gasteiger partial charge is 0.389 e. The van der Waals surface area contributed by atoms with Gasteiger partial charge in [0.2, 0.25) is 0 Å². The number of aliphatic hydroxyl groups is 2. The summed E-state index contributed by atoms with van der Waals surface area (Å²) < 4.78 is 0. The lowest BCUT2D eigenvalue weighted by molar-refractivity contribution is 0.0572. The molecule has 2 aromatic rings. The maximum absolute atomic E-state index is 9.62. The van der Waals surface area contributed by atoms with Crippen LogP contribution in [0, 0.1) is 13.8 Å². The van der Waals surface area contributed by atoms with Crippen molar-refractivity contribution in [1.82, 2.24) is 14.9 Å². The van der Waals surface area contributed by atoms with Crippen molar-refractivity contribution >= 4 is 27.4 Å². The summed E-state index contributed by atoms with van der Waals surface area (Å²) in [6, 6.07) is 0. The number of β-amino-alcohol motifs (C(OH)–C–C–N with tert-alkyl or cyclic N) is 2. The van der Waals surface area contributed by atoms with E-state index in [2.05, 4.69) is 29.1 Å². The average molecular weight is 308 g/mol. The molecular weight excluding hydrogens is 288 g/mol. The van der Waals surface area contributed by atoms with Gasteiger partial charge < -0.3 is 15.5 Å². The van der Waals surface area contributed by atoms with Crippen molar-refractivity contribution in [1.29, 1.82) is 0 Å². The van der Waals surface area contributed by atoms with Gasteiger partial charge in [0.15, 0.2) is 0 Å². The van der Waals surface area contributed by atoms with Crippen molar-refractivity contribution in [3.63, 3.8) is 0 Å². The zero-order chi connectivity index (χ0) is 15.1. The third kappa shape index (κ3) is 2.62. The van der Waals surface area contributed by atoms with E-state index in [1.807, 2.05) is 11.9 Å². The molecule has 114 valence electrons. The van der Waals surface area contributed by atoms with Gasteiger partial charge in [-0.1, -0.05) is 0 Å². The van der Waals surface area contributed by atoms with Crippen LogP contribution >= 0.6 is 11.3 Å². The second kappa shape index (κ2) is 5.49. The second-order valence-electron chi connectivity index (χ2n) is 5.53. The summed E-state index contributed by atoms with van der Waals surface area (Å²) in [7, 11) is 1.86. The number of fused-ring (bicyclic) bond motifs is 1. The number of aryl methyl sites for hydroxylation is 2. The van der Waals surface area contributed by atoms with Gasteiger partial charge in [-0.2, -0.15) is 0 Å². The number of aliphatic hydroxyl groups excluding tert-OH is 2. The quantitative estimate of drug-likeness (QED) is 0.781. The number of thiophene rings is 1. The highest BCUT2D eigenvalue weighted by Gasteiger charge is 2.30. The van der Waals surface area contributed by atoms with Crippen LogP contribution in [0.15, 0.2) is 0 Å². The number of nitrogens with zero attached hydrogens (tertiary/aromatic N) is 3. The van der Waals surface area contributed by atoms with Gasteiger partial charge in [-0.05, 0) is 19.4 Å². The molecule has 3 N–H and O–H groups in total. The van der Waals surface area contributed by atoms with E-state index < -0.39 is 12.2 Å². The van der Waals surface area contributed by atoms with Gasteiger partial charge in [-0.25, -0.2) is 9.97 Å². The molecule has 0 saturated carbocycles. The zero-order valence-electron chi connectivity index (χ0n) is 12.4. The number of rotatable bonds is 3. The number of likely N-dealkylation sites (tertiary alicyclic amines) is 1. The van der Waals surface area contributed by atoms with Crippen LogP contribution < -0.4 is 5.32 Å². The third-order valence-corrected chi connectivity index (χ3v) is 5.11. The average Bonchev–Trinajstić information content (AvgIpc) is 2.90. The molecule has 0 radical (unpaired) electrons. The minimum atomic E-state index is -0.677. The molecule has 0 spiro atoms. The molecular formula is C14H20N4O2S. The Bertz CT molecular complexity index is 663. The van der Waals surface area contributed by atoms with Crippen molar-refractivity contribution in [3.8, 4) is 0 Å². The molecule has 7 heteroatoms. The first-order valence-electron chi connectivity index (χ1n) is 7.02. The van der Waals surface area contributed by atoms with Crippen LogP contribution in [0.1, 0.15) is 16.3 Å². The molecule has 2 unspecified atom stereocenters. The molecule has 6 nitrogen and oxygen atoms in total. The van der Waals surface area contributed by atoms with E-state index in [0.717, 1.165) is 21.9 Å². The van der Waals surface area contributed by atoms with E-state index in [1.54, 1.807) is 11.3 Å².